The van der Waals surface area contributed by atoms with Crippen LogP contribution in [0.25, 0.3) is 0 Å². The van der Waals surface area contributed by atoms with Crippen molar-refractivity contribution in [2.75, 3.05) is 13.2 Å². The first-order valence-corrected chi connectivity index (χ1v) is 8.65. The van der Waals surface area contributed by atoms with E-state index in [4.69, 9.17) is 9.26 Å². The molecule has 2 atom stereocenters. The lowest BCUT2D eigenvalue weighted by Gasteiger charge is -2.17. The van der Waals surface area contributed by atoms with Crippen LogP contribution < -0.4 is 10.6 Å². The molecule has 0 bridgehead atoms. The molecule has 130 valence electrons. The molecule has 0 saturated heterocycles. The molecule has 0 aliphatic rings. The molecule has 0 amide bonds. The number of carbonyl (C=O) groups is 1. The summed E-state index contributed by atoms with van der Waals surface area (Å²) in [5.74, 6) is -0.779. The van der Waals surface area contributed by atoms with E-state index in [1.54, 1.807) is 13.8 Å². The number of esters is 1. The highest BCUT2D eigenvalue weighted by Gasteiger charge is 2.25. The smallest absolute Gasteiger partial charge is 0.358 e. The third-order valence-electron chi connectivity index (χ3n) is 2.90. The summed E-state index contributed by atoms with van der Waals surface area (Å²) < 4.78 is 46.3. The molecule has 1 aromatic carbocycles. The normalized spacial score (nSPS) is 15.2. The van der Waals surface area contributed by atoms with Crippen LogP contribution in [0.15, 0.2) is 24.3 Å². The largest absolute Gasteiger partial charge is 0.465 e. The average Bonchev–Trinajstić information content (AvgIpc) is 2.47. The standard InChI is InChI=1S/C14H20F2NO5P/c1-3-21-13(18)12(17-14(15)16)9-10-5-7-11(8-6-10)23(19,20)22-4-2/h5-8,12,14,17H,3-4,9H2,1-2H3,(H,19,20)/t12-/m0/s1. The van der Waals surface area contributed by atoms with Gasteiger partial charge < -0.3 is 14.2 Å². The monoisotopic (exact) mass is 351 g/mol. The lowest BCUT2D eigenvalue weighted by molar-refractivity contribution is -0.147. The molecule has 0 heterocycles. The molecule has 0 radical (unpaired) electrons. The van der Waals surface area contributed by atoms with Crippen LogP contribution in [0, 0.1) is 0 Å². The van der Waals surface area contributed by atoms with Crippen LogP contribution in [-0.4, -0.2) is 36.7 Å². The minimum atomic E-state index is -3.88. The van der Waals surface area contributed by atoms with Crippen LogP contribution in [0.3, 0.4) is 0 Å². The number of hydrogen-bond donors (Lipinski definition) is 2. The van der Waals surface area contributed by atoms with Gasteiger partial charge in [-0.2, -0.15) is 8.78 Å². The summed E-state index contributed by atoms with van der Waals surface area (Å²) in [6.07, 6.45) is -0.0339. The van der Waals surface area contributed by atoms with E-state index in [0.29, 0.717) is 5.56 Å². The van der Waals surface area contributed by atoms with Gasteiger partial charge in [-0.15, -0.1) is 0 Å². The van der Waals surface area contributed by atoms with Gasteiger partial charge in [-0.25, -0.2) is 5.32 Å². The minimum Gasteiger partial charge on any atom is -0.465 e. The number of carbonyl (C=O) groups excluding carboxylic acids is 1. The Labute approximate surface area is 133 Å². The molecular weight excluding hydrogens is 331 g/mol. The third-order valence-corrected chi connectivity index (χ3v) is 4.46. The summed E-state index contributed by atoms with van der Waals surface area (Å²) in [6, 6.07) is 4.51. The molecule has 6 nitrogen and oxygen atoms in total. The number of benzene rings is 1. The van der Waals surface area contributed by atoms with E-state index >= 15 is 0 Å². The van der Waals surface area contributed by atoms with Crippen molar-refractivity contribution in [2.24, 2.45) is 0 Å². The summed E-state index contributed by atoms with van der Waals surface area (Å²) in [5, 5.41) is 1.94. The van der Waals surface area contributed by atoms with E-state index in [0.717, 1.165) is 0 Å². The lowest BCUT2D eigenvalue weighted by atomic mass is 10.1. The van der Waals surface area contributed by atoms with Gasteiger partial charge in [0, 0.05) is 0 Å². The van der Waals surface area contributed by atoms with Crippen molar-refractivity contribution < 1.29 is 32.3 Å². The summed E-state index contributed by atoms with van der Waals surface area (Å²) >= 11 is 0. The van der Waals surface area contributed by atoms with Crippen molar-refractivity contribution >= 4 is 18.9 Å². The number of hydrogen-bond acceptors (Lipinski definition) is 5. The highest BCUT2D eigenvalue weighted by Crippen LogP contribution is 2.40. The number of halogens is 2. The maximum atomic E-state index is 12.5. The summed E-state index contributed by atoms with van der Waals surface area (Å²) in [6.45, 7) is 0.481. The molecule has 0 fully saturated rings. The highest BCUT2D eigenvalue weighted by molar-refractivity contribution is 7.61. The minimum absolute atomic E-state index is 0.0339. The molecule has 0 aliphatic heterocycles. The van der Waals surface area contributed by atoms with Gasteiger partial charge in [-0.1, -0.05) is 12.1 Å². The predicted octanol–water partition coefficient (Wildman–Crippen LogP) is 1.82. The van der Waals surface area contributed by atoms with Crippen molar-refractivity contribution in [1.82, 2.24) is 5.32 Å². The Balaban J connectivity index is 2.85. The van der Waals surface area contributed by atoms with E-state index in [1.165, 1.54) is 24.3 Å². The Hall–Kier alpha value is -1.34. The van der Waals surface area contributed by atoms with Crippen LogP contribution in [0.5, 0.6) is 0 Å². The zero-order valence-electron chi connectivity index (χ0n) is 12.9. The van der Waals surface area contributed by atoms with Crippen molar-refractivity contribution in [3.8, 4) is 0 Å². The molecule has 1 aromatic rings. The second-order valence-electron chi connectivity index (χ2n) is 4.58. The maximum absolute atomic E-state index is 12.5. The SMILES string of the molecule is CCOC(=O)[C@H](Cc1ccc(P(=O)(O)OCC)cc1)NC(F)F. The first-order valence-electron chi connectivity index (χ1n) is 7.07. The zero-order valence-corrected chi connectivity index (χ0v) is 13.8. The Morgan fingerprint density at radius 3 is 2.35 bits per heavy atom. The molecule has 9 heteroatoms. The van der Waals surface area contributed by atoms with E-state index in [9.17, 15) is 23.0 Å². The molecule has 2 N–H and O–H groups in total. The fourth-order valence-corrected chi connectivity index (χ4v) is 2.94. The van der Waals surface area contributed by atoms with Crippen molar-refractivity contribution in [3.63, 3.8) is 0 Å². The molecule has 0 aromatic heterocycles. The van der Waals surface area contributed by atoms with E-state index < -0.39 is 26.2 Å². The van der Waals surface area contributed by atoms with Gasteiger partial charge in [0.25, 0.3) is 6.55 Å². The molecule has 0 saturated carbocycles. The van der Waals surface area contributed by atoms with Gasteiger partial charge in [0.05, 0.1) is 18.5 Å². The van der Waals surface area contributed by atoms with E-state index in [2.05, 4.69) is 0 Å². The fraction of sp³-hybridized carbons (Fsp3) is 0.500. The van der Waals surface area contributed by atoms with Gasteiger partial charge in [-0.3, -0.25) is 9.36 Å². The quantitative estimate of drug-likeness (QED) is 0.401. The Kier molecular flexibility index (Phi) is 7.78. The fourth-order valence-electron chi connectivity index (χ4n) is 1.91. The van der Waals surface area contributed by atoms with E-state index in [-0.39, 0.29) is 24.9 Å². The van der Waals surface area contributed by atoms with E-state index in [1.807, 2.05) is 5.32 Å². The summed E-state index contributed by atoms with van der Waals surface area (Å²) in [5.41, 5.74) is 0.538. The van der Waals surface area contributed by atoms with Gasteiger partial charge in [0.2, 0.25) is 0 Å². The predicted molar refractivity (Wildman–Crippen MR) is 80.8 cm³/mol. The Bertz CT molecular complexity index is 553. The van der Waals surface area contributed by atoms with Crippen molar-refractivity contribution in [3.05, 3.63) is 29.8 Å². The molecule has 1 unspecified atom stereocenters. The number of rotatable bonds is 9. The molecule has 0 spiro atoms. The second kappa shape index (κ2) is 9.08. The maximum Gasteiger partial charge on any atom is 0.358 e. The third kappa shape index (κ3) is 6.35. The van der Waals surface area contributed by atoms with Crippen LogP contribution in [0.4, 0.5) is 8.78 Å². The molecule has 1 rings (SSSR count). The summed E-state index contributed by atoms with van der Waals surface area (Å²) in [7, 11) is -3.88. The van der Waals surface area contributed by atoms with Gasteiger partial charge >= 0.3 is 13.6 Å². The van der Waals surface area contributed by atoms with Gasteiger partial charge in [0.15, 0.2) is 0 Å². The number of alkyl halides is 2. The van der Waals surface area contributed by atoms with Crippen molar-refractivity contribution in [1.29, 1.82) is 0 Å². The number of ether oxygens (including phenoxy) is 1. The molecule has 0 aliphatic carbocycles. The van der Waals surface area contributed by atoms with Crippen molar-refractivity contribution in [2.45, 2.75) is 32.9 Å². The van der Waals surface area contributed by atoms with Gasteiger partial charge in [-0.05, 0) is 38.0 Å². The Morgan fingerprint density at radius 2 is 1.87 bits per heavy atom. The first-order chi connectivity index (χ1) is 10.8. The summed E-state index contributed by atoms with van der Waals surface area (Å²) in [4.78, 5) is 21.4. The van der Waals surface area contributed by atoms with Crippen LogP contribution in [0.2, 0.25) is 0 Å². The van der Waals surface area contributed by atoms with Crippen LogP contribution in [0.1, 0.15) is 19.4 Å². The van der Waals surface area contributed by atoms with Gasteiger partial charge in [0.1, 0.15) is 6.04 Å². The topological polar surface area (TPSA) is 84.9 Å². The highest BCUT2D eigenvalue weighted by atomic mass is 31.2. The molecule has 23 heavy (non-hydrogen) atoms. The van der Waals surface area contributed by atoms with Crippen LogP contribution in [-0.2, 0) is 25.0 Å². The Morgan fingerprint density at radius 1 is 1.26 bits per heavy atom. The second-order valence-corrected chi connectivity index (χ2v) is 6.40. The molecular formula is C14H20F2NO5P. The average molecular weight is 351 g/mol. The number of nitrogens with one attached hydrogen (secondary N) is 1. The van der Waals surface area contributed by atoms with Crippen LogP contribution >= 0.6 is 7.60 Å². The zero-order chi connectivity index (χ0) is 17.5. The first kappa shape index (κ1) is 19.7. The lowest BCUT2D eigenvalue weighted by Crippen LogP contribution is -2.42.